The number of sulfonamides is 1. The summed E-state index contributed by atoms with van der Waals surface area (Å²) in [5, 5.41) is 11.6. The van der Waals surface area contributed by atoms with Gasteiger partial charge in [-0.25, -0.2) is 17.5 Å². The molecule has 128 valence electrons. The molecule has 1 unspecified atom stereocenters. The van der Waals surface area contributed by atoms with Crippen molar-refractivity contribution in [3.05, 3.63) is 23.2 Å². The summed E-state index contributed by atoms with van der Waals surface area (Å²) in [5.41, 5.74) is 0.0650. The number of furan rings is 1. The van der Waals surface area contributed by atoms with Crippen LogP contribution in [0.1, 0.15) is 34.7 Å². The number of aryl methyl sites for hydroxylation is 1. The minimum Gasteiger partial charge on any atom is -0.478 e. The number of nitrogens with one attached hydrogen (secondary N) is 1. The highest BCUT2D eigenvalue weighted by atomic mass is 32.2. The van der Waals surface area contributed by atoms with Crippen LogP contribution in [0.25, 0.3) is 0 Å². The van der Waals surface area contributed by atoms with Gasteiger partial charge in [0.2, 0.25) is 15.9 Å². The molecule has 0 bridgehead atoms. The van der Waals surface area contributed by atoms with Crippen molar-refractivity contribution < 1.29 is 27.5 Å². The Hall–Kier alpha value is -1.87. The molecule has 1 fully saturated rings. The molecule has 0 aromatic carbocycles. The summed E-state index contributed by atoms with van der Waals surface area (Å²) in [7, 11) is -3.30. The average Bonchev–Trinajstić information content (AvgIpc) is 2.85. The molecule has 1 aromatic rings. The van der Waals surface area contributed by atoms with Gasteiger partial charge in [0.1, 0.15) is 17.1 Å². The van der Waals surface area contributed by atoms with Crippen molar-refractivity contribution >= 4 is 21.9 Å². The fourth-order valence-electron chi connectivity index (χ4n) is 2.62. The van der Waals surface area contributed by atoms with E-state index in [4.69, 9.17) is 9.52 Å². The number of aromatic carboxylic acids is 1. The SMILES string of the molecule is Cc1oc(CNC(=O)C2CCCN(S(C)(=O)=O)C2)cc1C(=O)O. The first-order chi connectivity index (χ1) is 10.7. The van der Waals surface area contributed by atoms with Gasteiger partial charge >= 0.3 is 5.97 Å². The number of carbonyl (C=O) groups excluding carboxylic acids is 1. The number of carboxylic acids is 1. The van der Waals surface area contributed by atoms with Crippen LogP contribution in [0.5, 0.6) is 0 Å². The first-order valence-corrected chi connectivity index (χ1v) is 9.08. The zero-order chi connectivity index (χ0) is 17.2. The Balaban J connectivity index is 1.94. The highest BCUT2D eigenvalue weighted by Gasteiger charge is 2.30. The van der Waals surface area contributed by atoms with Gasteiger partial charge in [0.05, 0.1) is 18.7 Å². The highest BCUT2D eigenvalue weighted by Crippen LogP contribution is 2.19. The minimum atomic E-state index is -3.30. The Morgan fingerprint density at radius 2 is 2.17 bits per heavy atom. The van der Waals surface area contributed by atoms with Gasteiger partial charge in [0.15, 0.2) is 0 Å². The molecule has 1 saturated heterocycles. The van der Waals surface area contributed by atoms with Gasteiger partial charge in [-0.3, -0.25) is 4.79 Å². The summed E-state index contributed by atoms with van der Waals surface area (Å²) in [6.07, 6.45) is 2.38. The highest BCUT2D eigenvalue weighted by molar-refractivity contribution is 7.88. The summed E-state index contributed by atoms with van der Waals surface area (Å²) >= 11 is 0. The average molecular weight is 344 g/mol. The lowest BCUT2D eigenvalue weighted by atomic mass is 9.99. The lowest BCUT2D eigenvalue weighted by Crippen LogP contribution is -2.44. The molecular weight excluding hydrogens is 324 g/mol. The van der Waals surface area contributed by atoms with Gasteiger partial charge in [-0.2, -0.15) is 0 Å². The molecular formula is C14H20N2O6S. The van der Waals surface area contributed by atoms with Crippen molar-refractivity contribution in [2.24, 2.45) is 5.92 Å². The zero-order valence-electron chi connectivity index (χ0n) is 13.0. The molecule has 2 rings (SSSR count). The van der Waals surface area contributed by atoms with E-state index in [1.54, 1.807) is 6.92 Å². The van der Waals surface area contributed by atoms with Crippen LogP contribution in [-0.2, 0) is 21.4 Å². The number of piperidine rings is 1. The normalized spacial score (nSPS) is 19.5. The maximum Gasteiger partial charge on any atom is 0.339 e. The summed E-state index contributed by atoms with van der Waals surface area (Å²) < 4.78 is 29.7. The molecule has 2 N–H and O–H groups in total. The van der Waals surface area contributed by atoms with Crippen molar-refractivity contribution in [3.8, 4) is 0 Å². The molecule has 1 atom stereocenters. The monoisotopic (exact) mass is 344 g/mol. The molecule has 1 aliphatic rings. The Bertz CT molecular complexity index is 709. The number of carboxylic acid groups (broad SMARTS) is 1. The van der Waals surface area contributed by atoms with Gasteiger partial charge in [0.25, 0.3) is 0 Å². The van der Waals surface area contributed by atoms with Crippen LogP contribution < -0.4 is 5.32 Å². The van der Waals surface area contributed by atoms with E-state index in [2.05, 4.69) is 5.32 Å². The Kier molecular flexibility index (Phi) is 5.10. The van der Waals surface area contributed by atoms with E-state index in [-0.39, 0.29) is 30.3 Å². The second-order valence-corrected chi connectivity index (χ2v) is 7.65. The molecule has 23 heavy (non-hydrogen) atoms. The van der Waals surface area contributed by atoms with E-state index in [0.717, 1.165) is 6.26 Å². The van der Waals surface area contributed by atoms with Crippen molar-refractivity contribution in [2.45, 2.75) is 26.3 Å². The van der Waals surface area contributed by atoms with Gasteiger partial charge in [-0.1, -0.05) is 0 Å². The predicted octanol–water partition coefficient (Wildman–Crippen LogP) is 0.574. The van der Waals surface area contributed by atoms with Gasteiger partial charge in [-0.15, -0.1) is 0 Å². The Labute approximate surface area is 134 Å². The van der Waals surface area contributed by atoms with Crippen molar-refractivity contribution in [3.63, 3.8) is 0 Å². The van der Waals surface area contributed by atoms with Crippen molar-refractivity contribution in [2.75, 3.05) is 19.3 Å². The van der Waals surface area contributed by atoms with Gasteiger partial charge < -0.3 is 14.8 Å². The first kappa shape index (κ1) is 17.5. The Morgan fingerprint density at radius 1 is 1.48 bits per heavy atom. The van der Waals surface area contributed by atoms with Crippen LogP contribution in [0.15, 0.2) is 10.5 Å². The number of carbonyl (C=O) groups is 2. The van der Waals surface area contributed by atoms with Crippen LogP contribution in [0.3, 0.4) is 0 Å². The maximum atomic E-state index is 12.2. The summed E-state index contributed by atoms with van der Waals surface area (Å²) in [6, 6.07) is 1.38. The molecule has 1 aromatic heterocycles. The number of amides is 1. The maximum absolute atomic E-state index is 12.2. The van der Waals surface area contributed by atoms with Crippen LogP contribution in [0, 0.1) is 12.8 Å². The van der Waals surface area contributed by atoms with Crippen LogP contribution in [0.4, 0.5) is 0 Å². The van der Waals surface area contributed by atoms with E-state index in [0.29, 0.717) is 25.1 Å². The second-order valence-electron chi connectivity index (χ2n) is 5.67. The number of rotatable bonds is 5. The van der Waals surface area contributed by atoms with Gasteiger partial charge in [0, 0.05) is 13.1 Å². The van der Waals surface area contributed by atoms with Gasteiger partial charge in [-0.05, 0) is 25.8 Å². The zero-order valence-corrected chi connectivity index (χ0v) is 13.9. The fraction of sp³-hybridized carbons (Fsp3) is 0.571. The molecule has 0 aliphatic carbocycles. The van der Waals surface area contributed by atoms with E-state index in [1.165, 1.54) is 10.4 Å². The third-order valence-electron chi connectivity index (χ3n) is 3.86. The third-order valence-corrected chi connectivity index (χ3v) is 5.13. The number of hydrogen-bond donors (Lipinski definition) is 2. The summed E-state index contributed by atoms with van der Waals surface area (Å²) in [5.74, 6) is -1.12. The second kappa shape index (κ2) is 6.71. The molecule has 1 aliphatic heterocycles. The lowest BCUT2D eigenvalue weighted by Gasteiger charge is -2.30. The van der Waals surface area contributed by atoms with E-state index in [1.807, 2.05) is 0 Å². The molecule has 1 amide bonds. The topological polar surface area (TPSA) is 117 Å². The standard InChI is InChI=1S/C14H20N2O6S/c1-9-12(14(18)19)6-11(22-9)7-15-13(17)10-4-3-5-16(8-10)23(2,20)21/h6,10H,3-5,7-8H2,1-2H3,(H,15,17)(H,18,19). The largest absolute Gasteiger partial charge is 0.478 e. The number of hydrogen-bond acceptors (Lipinski definition) is 5. The smallest absolute Gasteiger partial charge is 0.339 e. The Morgan fingerprint density at radius 3 is 2.74 bits per heavy atom. The van der Waals surface area contributed by atoms with E-state index in [9.17, 15) is 18.0 Å². The molecule has 8 nitrogen and oxygen atoms in total. The molecule has 0 saturated carbocycles. The van der Waals surface area contributed by atoms with Crippen molar-refractivity contribution in [1.29, 1.82) is 0 Å². The first-order valence-electron chi connectivity index (χ1n) is 7.24. The van der Waals surface area contributed by atoms with Crippen LogP contribution >= 0.6 is 0 Å². The fourth-order valence-corrected chi connectivity index (χ4v) is 3.53. The van der Waals surface area contributed by atoms with E-state index < -0.39 is 21.9 Å². The predicted molar refractivity (Wildman–Crippen MR) is 81.4 cm³/mol. The van der Waals surface area contributed by atoms with Crippen LogP contribution in [-0.4, -0.2) is 49.1 Å². The quantitative estimate of drug-likeness (QED) is 0.807. The van der Waals surface area contributed by atoms with Crippen LogP contribution in [0.2, 0.25) is 0 Å². The lowest BCUT2D eigenvalue weighted by molar-refractivity contribution is -0.126. The third kappa shape index (κ3) is 4.32. The molecule has 0 radical (unpaired) electrons. The van der Waals surface area contributed by atoms with Crippen molar-refractivity contribution in [1.82, 2.24) is 9.62 Å². The van der Waals surface area contributed by atoms with E-state index >= 15 is 0 Å². The number of nitrogens with zero attached hydrogens (tertiary/aromatic N) is 1. The summed E-state index contributed by atoms with van der Waals surface area (Å²) in [6.45, 7) is 2.21. The molecule has 2 heterocycles. The minimum absolute atomic E-state index is 0.0650. The molecule has 0 spiro atoms. The molecule has 9 heteroatoms. The summed E-state index contributed by atoms with van der Waals surface area (Å²) in [4.78, 5) is 23.1.